The topological polar surface area (TPSA) is 97.1 Å². The molecule has 7 nitrogen and oxygen atoms in total. The number of methoxy groups -OCH3 is 2. The molecular weight excluding hydrogens is 394 g/mol. The molecule has 0 aliphatic carbocycles. The Morgan fingerprint density at radius 2 is 1.81 bits per heavy atom. The third kappa shape index (κ3) is 4.21. The van der Waals surface area contributed by atoms with Crippen LogP contribution in [0, 0.1) is 0 Å². The summed E-state index contributed by atoms with van der Waals surface area (Å²) in [5, 5.41) is 6.60. The predicted molar refractivity (Wildman–Crippen MR) is 117 cm³/mol. The molecule has 0 radical (unpaired) electrons. The van der Waals surface area contributed by atoms with Gasteiger partial charge in [-0.2, -0.15) is 0 Å². The molecule has 7 heteroatoms. The van der Waals surface area contributed by atoms with Crippen LogP contribution in [0.25, 0.3) is 10.9 Å². The van der Waals surface area contributed by atoms with Gasteiger partial charge in [-0.3, -0.25) is 19.7 Å². The Kier molecular flexibility index (Phi) is 5.84. The van der Waals surface area contributed by atoms with Crippen LogP contribution in [-0.2, 0) is 16.0 Å². The number of H-pyrrole nitrogens is 2. The van der Waals surface area contributed by atoms with Gasteiger partial charge in [0.1, 0.15) is 5.75 Å². The maximum absolute atomic E-state index is 12.9. The number of ether oxygens (including phenoxy) is 2. The number of aromatic nitrogens is 3. The zero-order valence-electron chi connectivity index (χ0n) is 17.3. The van der Waals surface area contributed by atoms with Crippen molar-refractivity contribution in [2.45, 2.75) is 18.8 Å². The molecule has 2 N–H and O–H groups in total. The van der Waals surface area contributed by atoms with Crippen LogP contribution in [0.3, 0.4) is 0 Å². The van der Waals surface area contributed by atoms with E-state index in [4.69, 9.17) is 9.47 Å². The molecule has 2 heterocycles. The van der Waals surface area contributed by atoms with Crippen LogP contribution in [0.1, 0.15) is 34.7 Å². The molecule has 0 unspecified atom stereocenters. The number of fused-ring (bicyclic) bond motifs is 1. The number of carbonyl (C=O) groups excluding carboxylic acids is 1. The van der Waals surface area contributed by atoms with Crippen molar-refractivity contribution >= 4 is 16.9 Å². The Labute approximate surface area is 179 Å². The maximum Gasteiger partial charge on any atom is 0.306 e. The predicted octanol–water partition coefficient (Wildman–Crippen LogP) is 3.55. The van der Waals surface area contributed by atoms with Crippen molar-refractivity contribution in [3.63, 3.8) is 0 Å². The number of hydrogen-bond acceptors (Lipinski definition) is 5. The van der Waals surface area contributed by atoms with Crippen LogP contribution in [0.4, 0.5) is 0 Å². The van der Waals surface area contributed by atoms with Crippen molar-refractivity contribution in [1.82, 2.24) is 15.2 Å². The van der Waals surface area contributed by atoms with Crippen molar-refractivity contribution in [2.24, 2.45) is 0 Å². The summed E-state index contributed by atoms with van der Waals surface area (Å²) in [4.78, 5) is 29.6. The van der Waals surface area contributed by atoms with Crippen LogP contribution in [0.15, 0.2) is 65.6 Å². The number of pyridine rings is 1. The number of aromatic amines is 2. The van der Waals surface area contributed by atoms with Crippen LogP contribution in [0.5, 0.6) is 5.75 Å². The lowest BCUT2D eigenvalue weighted by Gasteiger charge is -2.18. The van der Waals surface area contributed by atoms with Gasteiger partial charge in [-0.25, -0.2) is 0 Å². The highest BCUT2D eigenvalue weighted by molar-refractivity contribution is 5.84. The minimum Gasteiger partial charge on any atom is -0.497 e. The minimum atomic E-state index is -0.483. The Hall–Kier alpha value is -3.87. The lowest BCUT2D eigenvalue weighted by Crippen LogP contribution is -2.18. The lowest BCUT2D eigenvalue weighted by molar-refractivity contribution is -0.140. The summed E-state index contributed by atoms with van der Waals surface area (Å²) in [7, 11) is 2.97. The van der Waals surface area contributed by atoms with E-state index in [2.05, 4.69) is 15.2 Å². The number of rotatable bonds is 7. The molecule has 0 bridgehead atoms. The quantitative estimate of drug-likeness (QED) is 0.448. The summed E-state index contributed by atoms with van der Waals surface area (Å²) >= 11 is 0. The van der Waals surface area contributed by atoms with Gasteiger partial charge in [-0.05, 0) is 35.4 Å². The van der Waals surface area contributed by atoms with Gasteiger partial charge in [0.05, 0.1) is 26.2 Å². The van der Waals surface area contributed by atoms with Gasteiger partial charge in [0.15, 0.2) is 0 Å². The smallest absolute Gasteiger partial charge is 0.306 e. The molecule has 0 amide bonds. The number of nitrogens with zero attached hydrogens (tertiary/aromatic N) is 1. The summed E-state index contributed by atoms with van der Waals surface area (Å²) in [6, 6.07) is 17.2. The molecule has 4 aromatic rings. The van der Waals surface area contributed by atoms with Crippen molar-refractivity contribution in [2.75, 3.05) is 14.2 Å². The second-order valence-corrected chi connectivity index (χ2v) is 7.25. The Morgan fingerprint density at radius 3 is 2.55 bits per heavy atom. The molecule has 0 spiro atoms. The van der Waals surface area contributed by atoms with Crippen molar-refractivity contribution in [3.8, 4) is 5.75 Å². The largest absolute Gasteiger partial charge is 0.497 e. The molecule has 0 fully saturated rings. The third-order valence-corrected chi connectivity index (χ3v) is 5.44. The van der Waals surface area contributed by atoms with E-state index >= 15 is 0 Å². The first kappa shape index (κ1) is 20.4. The Bertz CT molecular complexity index is 1250. The molecule has 0 aliphatic rings. The fourth-order valence-electron chi connectivity index (χ4n) is 3.90. The second kappa shape index (κ2) is 8.87. The van der Waals surface area contributed by atoms with Crippen LogP contribution < -0.4 is 10.3 Å². The number of carbonyl (C=O) groups is 1. The van der Waals surface area contributed by atoms with Gasteiger partial charge in [-0.15, -0.1) is 0 Å². The fraction of sp³-hybridized carbons (Fsp3) is 0.208. The fourth-order valence-corrected chi connectivity index (χ4v) is 3.90. The van der Waals surface area contributed by atoms with Gasteiger partial charge in [-0.1, -0.05) is 30.3 Å². The first-order valence-electron chi connectivity index (χ1n) is 9.93. The first-order valence-corrected chi connectivity index (χ1v) is 9.93. The molecule has 0 saturated heterocycles. The summed E-state index contributed by atoms with van der Waals surface area (Å²) in [5.74, 6) is -0.108. The van der Waals surface area contributed by atoms with E-state index in [0.29, 0.717) is 12.0 Å². The summed E-state index contributed by atoms with van der Waals surface area (Å²) < 4.78 is 10.2. The monoisotopic (exact) mass is 417 g/mol. The average molecular weight is 417 g/mol. The maximum atomic E-state index is 12.9. The first-order chi connectivity index (χ1) is 15.1. The molecule has 0 aliphatic heterocycles. The van der Waals surface area contributed by atoms with Gasteiger partial charge >= 0.3 is 5.97 Å². The standard InChI is InChI=1S/C24H23N3O4/c1-30-16-9-7-15(8-10-16)13-21-23(24(29)27-26-21)19(14-22(28)31-2)17-11-12-25-20-6-4-3-5-18(17)20/h3-12,19H,13-14H2,1-2H3,(H2,26,27,29)/t19-/m1/s1. The highest BCUT2D eigenvalue weighted by Gasteiger charge is 2.27. The molecule has 158 valence electrons. The zero-order chi connectivity index (χ0) is 21.8. The molecule has 0 saturated carbocycles. The van der Waals surface area contributed by atoms with Crippen molar-refractivity contribution < 1.29 is 14.3 Å². The van der Waals surface area contributed by atoms with E-state index in [1.165, 1.54) is 7.11 Å². The van der Waals surface area contributed by atoms with E-state index in [0.717, 1.165) is 33.5 Å². The number of para-hydroxylation sites is 1. The van der Waals surface area contributed by atoms with Gasteiger partial charge in [0.2, 0.25) is 0 Å². The Balaban J connectivity index is 1.81. The summed E-state index contributed by atoms with van der Waals surface area (Å²) in [5.41, 5.74) is 3.67. The van der Waals surface area contributed by atoms with E-state index < -0.39 is 5.92 Å². The second-order valence-electron chi connectivity index (χ2n) is 7.25. The van der Waals surface area contributed by atoms with Crippen LogP contribution in [-0.4, -0.2) is 35.4 Å². The SMILES string of the molecule is COC(=O)C[C@@H](c1c(Cc2ccc(OC)cc2)[nH][nH]c1=O)c1ccnc2ccccc12. The van der Waals surface area contributed by atoms with Crippen molar-refractivity contribution in [1.29, 1.82) is 0 Å². The number of nitrogens with one attached hydrogen (secondary N) is 2. The van der Waals surface area contributed by atoms with E-state index in [1.54, 1.807) is 13.3 Å². The summed E-state index contributed by atoms with van der Waals surface area (Å²) in [6.45, 7) is 0. The molecule has 1 atom stereocenters. The summed E-state index contributed by atoms with van der Waals surface area (Å²) in [6.07, 6.45) is 2.24. The Morgan fingerprint density at radius 1 is 1.03 bits per heavy atom. The van der Waals surface area contributed by atoms with Gasteiger partial charge in [0, 0.05) is 35.2 Å². The number of esters is 1. The number of hydrogen-bond donors (Lipinski definition) is 2. The zero-order valence-corrected chi connectivity index (χ0v) is 17.3. The average Bonchev–Trinajstić information content (AvgIpc) is 3.17. The van der Waals surface area contributed by atoms with Gasteiger partial charge < -0.3 is 14.6 Å². The third-order valence-electron chi connectivity index (χ3n) is 5.44. The normalized spacial score (nSPS) is 11.9. The van der Waals surface area contributed by atoms with E-state index in [-0.39, 0.29) is 17.9 Å². The molecule has 2 aromatic carbocycles. The van der Waals surface area contributed by atoms with Crippen LogP contribution in [0.2, 0.25) is 0 Å². The van der Waals surface area contributed by atoms with Crippen molar-refractivity contribution in [3.05, 3.63) is 93.5 Å². The lowest BCUT2D eigenvalue weighted by atomic mass is 9.85. The molecule has 2 aromatic heterocycles. The number of benzene rings is 2. The van der Waals surface area contributed by atoms with E-state index in [9.17, 15) is 9.59 Å². The molecule has 4 rings (SSSR count). The van der Waals surface area contributed by atoms with E-state index in [1.807, 2.05) is 54.6 Å². The highest BCUT2D eigenvalue weighted by Crippen LogP contribution is 2.33. The van der Waals surface area contributed by atoms with Crippen LogP contribution >= 0.6 is 0 Å². The molecule has 31 heavy (non-hydrogen) atoms. The van der Waals surface area contributed by atoms with Gasteiger partial charge in [0.25, 0.3) is 5.56 Å². The minimum absolute atomic E-state index is 0.0427. The highest BCUT2D eigenvalue weighted by atomic mass is 16.5. The molecular formula is C24H23N3O4.